The van der Waals surface area contributed by atoms with E-state index in [1.54, 1.807) is 25.4 Å². The first-order valence-electron chi connectivity index (χ1n) is 7.22. The zero-order valence-corrected chi connectivity index (χ0v) is 12.2. The van der Waals surface area contributed by atoms with E-state index >= 15 is 0 Å². The Balaban J connectivity index is 1.91. The van der Waals surface area contributed by atoms with Gasteiger partial charge < -0.3 is 15.4 Å². The molecule has 0 spiro atoms. The van der Waals surface area contributed by atoms with Gasteiger partial charge in [0.05, 0.1) is 5.60 Å². The highest BCUT2D eigenvalue weighted by atomic mass is 16.5. The lowest BCUT2D eigenvalue weighted by molar-refractivity contribution is -0.0679. The van der Waals surface area contributed by atoms with E-state index in [1.807, 2.05) is 0 Å². The van der Waals surface area contributed by atoms with Crippen LogP contribution in [0.4, 0.5) is 5.82 Å². The van der Waals surface area contributed by atoms with Crippen molar-refractivity contribution in [2.24, 2.45) is 0 Å². The second kappa shape index (κ2) is 6.70. The lowest BCUT2D eigenvalue weighted by Crippen LogP contribution is -2.49. The number of carbonyl (C=O) groups excluding carboxylic acids is 1. The van der Waals surface area contributed by atoms with Gasteiger partial charge in [0.25, 0.3) is 5.91 Å². The molecule has 0 aromatic carbocycles. The number of pyridine rings is 1. The largest absolute Gasteiger partial charge is 0.376 e. The minimum absolute atomic E-state index is 0.0738. The number of amides is 1. The Kier molecular flexibility index (Phi) is 4.95. The van der Waals surface area contributed by atoms with Gasteiger partial charge in [-0.1, -0.05) is 6.92 Å². The Morgan fingerprint density at radius 1 is 1.50 bits per heavy atom. The molecule has 1 aromatic rings. The van der Waals surface area contributed by atoms with Crippen molar-refractivity contribution in [3.63, 3.8) is 0 Å². The Labute approximate surface area is 120 Å². The molecule has 1 amide bonds. The third-order valence-electron chi connectivity index (χ3n) is 3.85. The summed E-state index contributed by atoms with van der Waals surface area (Å²) in [4.78, 5) is 16.3. The molecular formula is C15H23N3O2. The summed E-state index contributed by atoms with van der Waals surface area (Å²) < 4.78 is 5.50. The second-order valence-electron chi connectivity index (χ2n) is 5.28. The number of methoxy groups -OCH3 is 1. The van der Waals surface area contributed by atoms with E-state index in [0.29, 0.717) is 12.1 Å². The minimum Gasteiger partial charge on any atom is -0.376 e. The zero-order valence-electron chi connectivity index (χ0n) is 12.2. The molecular weight excluding hydrogens is 254 g/mol. The first-order chi connectivity index (χ1) is 9.69. The van der Waals surface area contributed by atoms with Crippen molar-refractivity contribution in [2.45, 2.75) is 38.2 Å². The maximum atomic E-state index is 12.2. The maximum absolute atomic E-state index is 12.2. The van der Waals surface area contributed by atoms with Crippen LogP contribution in [0.25, 0.3) is 0 Å². The summed E-state index contributed by atoms with van der Waals surface area (Å²) >= 11 is 0. The monoisotopic (exact) mass is 277 g/mol. The number of carbonyl (C=O) groups is 1. The van der Waals surface area contributed by atoms with Crippen LogP contribution in [0.3, 0.4) is 0 Å². The lowest BCUT2D eigenvalue weighted by Gasteiger charge is -2.40. The fourth-order valence-corrected chi connectivity index (χ4v) is 2.29. The first-order valence-corrected chi connectivity index (χ1v) is 7.22. The standard InChI is InChI=1S/C15H23N3O2/c1-3-8-16-13-10-12(5-9-17-13)14(19)18-11-15(20-2)6-4-7-15/h5,9-10H,3-4,6-8,11H2,1-2H3,(H,16,17)(H,18,19). The van der Waals surface area contributed by atoms with E-state index in [4.69, 9.17) is 4.74 Å². The average Bonchev–Trinajstić information content (AvgIpc) is 2.44. The van der Waals surface area contributed by atoms with Gasteiger partial charge in [0.15, 0.2) is 0 Å². The van der Waals surface area contributed by atoms with Gasteiger partial charge in [-0.05, 0) is 37.8 Å². The van der Waals surface area contributed by atoms with Crippen molar-refractivity contribution in [2.75, 3.05) is 25.5 Å². The molecule has 0 unspecified atom stereocenters. The summed E-state index contributed by atoms with van der Waals surface area (Å²) in [6.45, 7) is 3.51. The predicted octanol–water partition coefficient (Wildman–Crippen LogP) is 2.20. The number of hydrogen-bond donors (Lipinski definition) is 2. The van der Waals surface area contributed by atoms with Gasteiger partial charge in [-0.2, -0.15) is 0 Å². The Bertz CT molecular complexity index is 453. The molecule has 20 heavy (non-hydrogen) atoms. The first kappa shape index (κ1) is 14.8. The van der Waals surface area contributed by atoms with Crippen LogP contribution in [0.15, 0.2) is 18.3 Å². The summed E-state index contributed by atoms with van der Waals surface area (Å²) in [6, 6.07) is 3.51. The van der Waals surface area contributed by atoms with Gasteiger partial charge in [-0.25, -0.2) is 4.98 Å². The summed E-state index contributed by atoms with van der Waals surface area (Å²) in [6.07, 6.45) is 5.88. The topological polar surface area (TPSA) is 63.2 Å². The molecule has 0 atom stereocenters. The predicted molar refractivity (Wildman–Crippen MR) is 78.9 cm³/mol. The van der Waals surface area contributed by atoms with Crippen molar-refractivity contribution in [1.82, 2.24) is 10.3 Å². The van der Waals surface area contributed by atoms with Crippen LogP contribution >= 0.6 is 0 Å². The number of hydrogen-bond acceptors (Lipinski definition) is 4. The molecule has 1 heterocycles. The minimum atomic E-state index is -0.147. The van der Waals surface area contributed by atoms with Crippen molar-refractivity contribution >= 4 is 11.7 Å². The van der Waals surface area contributed by atoms with Crippen molar-refractivity contribution in [3.05, 3.63) is 23.9 Å². The van der Waals surface area contributed by atoms with Crippen molar-refractivity contribution in [3.8, 4) is 0 Å². The van der Waals surface area contributed by atoms with Crippen LogP contribution < -0.4 is 10.6 Å². The maximum Gasteiger partial charge on any atom is 0.251 e. The molecule has 5 heteroatoms. The Morgan fingerprint density at radius 3 is 2.90 bits per heavy atom. The number of rotatable bonds is 7. The fourth-order valence-electron chi connectivity index (χ4n) is 2.29. The highest BCUT2D eigenvalue weighted by molar-refractivity contribution is 5.94. The normalized spacial score (nSPS) is 16.3. The average molecular weight is 277 g/mol. The van der Waals surface area contributed by atoms with E-state index < -0.39 is 0 Å². The number of nitrogens with one attached hydrogen (secondary N) is 2. The van der Waals surface area contributed by atoms with Crippen LogP contribution in [0, 0.1) is 0 Å². The van der Waals surface area contributed by atoms with E-state index in [1.165, 1.54) is 6.42 Å². The summed E-state index contributed by atoms with van der Waals surface area (Å²) in [5.41, 5.74) is 0.482. The highest BCUT2D eigenvalue weighted by Crippen LogP contribution is 2.34. The molecule has 1 saturated carbocycles. The molecule has 1 fully saturated rings. The molecule has 1 aliphatic rings. The Hall–Kier alpha value is -1.62. The van der Waals surface area contributed by atoms with Crippen LogP contribution in [-0.2, 0) is 4.74 Å². The van der Waals surface area contributed by atoms with E-state index in [0.717, 1.165) is 31.6 Å². The third-order valence-corrected chi connectivity index (χ3v) is 3.85. The third kappa shape index (κ3) is 3.48. The molecule has 5 nitrogen and oxygen atoms in total. The van der Waals surface area contributed by atoms with Gasteiger partial charge in [-0.3, -0.25) is 4.79 Å². The SMILES string of the molecule is CCCNc1cc(C(=O)NCC2(OC)CCC2)ccn1. The van der Waals surface area contributed by atoms with Crippen LogP contribution in [0.1, 0.15) is 43.0 Å². The molecule has 0 saturated heterocycles. The van der Waals surface area contributed by atoms with E-state index in [-0.39, 0.29) is 11.5 Å². The molecule has 0 radical (unpaired) electrons. The second-order valence-corrected chi connectivity index (χ2v) is 5.28. The number of aromatic nitrogens is 1. The molecule has 1 aliphatic carbocycles. The number of anilines is 1. The molecule has 0 aliphatic heterocycles. The van der Waals surface area contributed by atoms with E-state index in [2.05, 4.69) is 22.5 Å². The van der Waals surface area contributed by atoms with Gasteiger partial charge in [-0.15, -0.1) is 0 Å². The van der Waals surface area contributed by atoms with Crippen molar-refractivity contribution < 1.29 is 9.53 Å². The molecule has 0 bridgehead atoms. The molecule has 110 valence electrons. The van der Waals surface area contributed by atoms with Gasteiger partial charge in [0, 0.05) is 32.0 Å². The lowest BCUT2D eigenvalue weighted by atomic mass is 9.80. The summed E-state index contributed by atoms with van der Waals surface area (Å²) in [5.74, 6) is 0.667. The summed E-state index contributed by atoms with van der Waals surface area (Å²) in [5, 5.41) is 6.14. The highest BCUT2D eigenvalue weighted by Gasteiger charge is 2.37. The molecule has 2 N–H and O–H groups in total. The quantitative estimate of drug-likeness (QED) is 0.802. The smallest absolute Gasteiger partial charge is 0.251 e. The van der Waals surface area contributed by atoms with Gasteiger partial charge >= 0.3 is 0 Å². The van der Waals surface area contributed by atoms with Gasteiger partial charge in [0.1, 0.15) is 5.82 Å². The molecule has 1 aromatic heterocycles. The van der Waals surface area contributed by atoms with Crippen LogP contribution in [0.2, 0.25) is 0 Å². The summed E-state index contributed by atoms with van der Waals surface area (Å²) in [7, 11) is 1.71. The van der Waals surface area contributed by atoms with Crippen molar-refractivity contribution in [1.29, 1.82) is 0 Å². The van der Waals surface area contributed by atoms with Gasteiger partial charge in [0.2, 0.25) is 0 Å². The number of ether oxygens (including phenoxy) is 1. The van der Waals surface area contributed by atoms with E-state index in [9.17, 15) is 4.79 Å². The number of nitrogens with zero attached hydrogens (tertiary/aromatic N) is 1. The zero-order chi connectivity index (χ0) is 14.4. The Morgan fingerprint density at radius 2 is 2.30 bits per heavy atom. The molecule has 2 rings (SSSR count). The van der Waals surface area contributed by atoms with Crippen LogP contribution in [-0.4, -0.2) is 36.7 Å². The van der Waals surface area contributed by atoms with Crippen LogP contribution in [0.5, 0.6) is 0 Å². The fraction of sp³-hybridized carbons (Fsp3) is 0.600.